The molecule has 0 heterocycles. The number of nitrogens with zero attached hydrogens (tertiary/aromatic N) is 1. The molecule has 2 rings (SSSR count). The minimum Gasteiger partial charge on any atom is -0.508 e. The van der Waals surface area contributed by atoms with Crippen LogP contribution in [-0.4, -0.2) is 5.11 Å². The highest BCUT2D eigenvalue weighted by Crippen LogP contribution is 2.25. The molecule has 2 N–H and O–H groups in total. The first-order valence-electron chi connectivity index (χ1n) is 5.82. The zero-order valence-corrected chi connectivity index (χ0v) is 11.2. The van der Waals surface area contributed by atoms with E-state index >= 15 is 0 Å². The van der Waals surface area contributed by atoms with Crippen LogP contribution in [0.4, 0.5) is 5.69 Å². The Morgan fingerprint density at radius 3 is 2.79 bits per heavy atom. The van der Waals surface area contributed by atoms with Crippen LogP contribution in [0.2, 0.25) is 5.02 Å². The summed E-state index contributed by atoms with van der Waals surface area (Å²) in [5.74, 6) is 0.241. The van der Waals surface area contributed by atoms with E-state index in [0.717, 1.165) is 11.1 Å². The minimum absolute atomic E-state index is 0.241. The van der Waals surface area contributed by atoms with E-state index in [1.807, 2.05) is 19.1 Å². The lowest BCUT2D eigenvalue weighted by atomic mass is 10.1. The second-order valence-electron chi connectivity index (χ2n) is 4.29. The van der Waals surface area contributed by atoms with Crippen LogP contribution in [0.25, 0.3) is 0 Å². The van der Waals surface area contributed by atoms with E-state index in [1.165, 1.54) is 0 Å². The standard InChI is InChI=1S/C15H13ClN2O/c1-10-2-5-15(19)12(6-10)9-18-14-7-11(8-17)3-4-13(14)16/h2-7,18-19H,9H2,1H3. The summed E-state index contributed by atoms with van der Waals surface area (Å²) in [7, 11) is 0. The third kappa shape index (κ3) is 3.18. The predicted octanol–water partition coefficient (Wildman–Crippen LogP) is 3.84. The first-order chi connectivity index (χ1) is 9.10. The van der Waals surface area contributed by atoms with Gasteiger partial charge in [0.2, 0.25) is 0 Å². The second-order valence-corrected chi connectivity index (χ2v) is 4.70. The van der Waals surface area contributed by atoms with Gasteiger partial charge in [-0.25, -0.2) is 0 Å². The van der Waals surface area contributed by atoms with Gasteiger partial charge in [0.1, 0.15) is 5.75 Å². The van der Waals surface area contributed by atoms with E-state index in [9.17, 15) is 5.11 Å². The van der Waals surface area contributed by atoms with Crippen LogP contribution in [0, 0.1) is 18.3 Å². The van der Waals surface area contributed by atoms with Crippen molar-refractivity contribution in [2.45, 2.75) is 13.5 Å². The average Bonchev–Trinajstić information content (AvgIpc) is 2.41. The van der Waals surface area contributed by atoms with E-state index in [2.05, 4.69) is 11.4 Å². The number of hydrogen-bond donors (Lipinski definition) is 2. The number of nitrogens with one attached hydrogen (secondary N) is 1. The van der Waals surface area contributed by atoms with Gasteiger partial charge in [0, 0.05) is 12.1 Å². The number of aromatic hydroxyl groups is 1. The molecular weight excluding hydrogens is 260 g/mol. The molecule has 0 bridgehead atoms. The quantitative estimate of drug-likeness (QED) is 0.893. The number of anilines is 1. The van der Waals surface area contributed by atoms with Crippen molar-refractivity contribution in [3.05, 3.63) is 58.1 Å². The van der Waals surface area contributed by atoms with Crippen molar-refractivity contribution < 1.29 is 5.11 Å². The minimum atomic E-state index is 0.241. The van der Waals surface area contributed by atoms with Gasteiger partial charge in [-0.3, -0.25) is 0 Å². The third-order valence-electron chi connectivity index (χ3n) is 2.80. The van der Waals surface area contributed by atoms with E-state index in [-0.39, 0.29) is 5.75 Å². The van der Waals surface area contributed by atoms with Crippen LogP contribution >= 0.6 is 11.6 Å². The largest absolute Gasteiger partial charge is 0.508 e. The van der Waals surface area contributed by atoms with Crippen molar-refractivity contribution in [2.24, 2.45) is 0 Å². The first kappa shape index (κ1) is 13.3. The average molecular weight is 273 g/mol. The maximum atomic E-state index is 9.76. The van der Waals surface area contributed by atoms with Crippen molar-refractivity contribution in [1.82, 2.24) is 0 Å². The third-order valence-corrected chi connectivity index (χ3v) is 3.13. The van der Waals surface area contributed by atoms with Crippen molar-refractivity contribution in [3.63, 3.8) is 0 Å². The lowest BCUT2D eigenvalue weighted by Crippen LogP contribution is -2.01. The molecule has 0 radical (unpaired) electrons. The van der Waals surface area contributed by atoms with Gasteiger partial charge in [0.25, 0.3) is 0 Å². The molecule has 0 aliphatic rings. The van der Waals surface area contributed by atoms with Crippen molar-refractivity contribution in [2.75, 3.05) is 5.32 Å². The van der Waals surface area contributed by atoms with E-state index in [1.54, 1.807) is 24.3 Å². The Labute approximate surface area is 117 Å². The van der Waals surface area contributed by atoms with Crippen molar-refractivity contribution >= 4 is 17.3 Å². The van der Waals surface area contributed by atoms with Gasteiger partial charge in [-0.1, -0.05) is 29.3 Å². The molecule has 19 heavy (non-hydrogen) atoms. The zero-order chi connectivity index (χ0) is 13.8. The van der Waals surface area contributed by atoms with Gasteiger partial charge in [0.15, 0.2) is 0 Å². The summed E-state index contributed by atoms with van der Waals surface area (Å²) in [6.45, 7) is 2.41. The summed E-state index contributed by atoms with van der Waals surface area (Å²) in [5.41, 5.74) is 3.09. The van der Waals surface area contributed by atoms with Crippen LogP contribution in [0.3, 0.4) is 0 Å². The molecule has 0 spiro atoms. The fourth-order valence-electron chi connectivity index (χ4n) is 1.78. The lowest BCUT2D eigenvalue weighted by molar-refractivity contribution is 0.469. The fraction of sp³-hybridized carbons (Fsp3) is 0.133. The van der Waals surface area contributed by atoms with Gasteiger partial charge < -0.3 is 10.4 Å². The molecule has 0 aliphatic heterocycles. The highest BCUT2D eigenvalue weighted by Gasteiger charge is 2.05. The first-order valence-corrected chi connectivity index (χ1v) is 6.20. The Hall–Kier alpha value is -2.18. The molecule has 2 aromatic carbocycles. The van der Waals surface area contributed by atoms with Gasteiger partial charge in [0.05, 0.1) is 22.3 Å². The highest BCUT2D eigenvalue weighted by molar-refractivity contribution is 6.33. The Morgan fingerprint density at radius 2 is 2.05 bits per heavy atom. The number of hydrogen-bond acceptors (Lipinski definition) is 3. The Bertz CT molecular complexity index is 647. The molecule has 4 heteroatoms. The second kappa shape index (κ2) is 5.64. The summed E-state index contributed by atoms with van der Waals surface area (Å²) in [4.78, 5) is 0. The Morgan fingerprint density at radius 1 is 1.26 bits per heavy atom. The zero-order valence-electron chi connectivity index (χ0n) is 10.4. The highest BCUT2D eigenvalue weighted by atomic mass is 35.5. The van der Waals surface area contributed by atoms with Crippen molar-refractivity contribution in [1.29, 1.82) is 5.26 Å². The van der Waals surface area contributed by atoms with E-state index in [0.29, 0.717) is 22.8 Å². The summed E-state index contributed by atoms with van der Waals surface area (Å²) in [6.07, 6.45) is 0. The molecule has 0 atom stereocenters. The maximum Gasteiger partial charge on any atom is 0.120 e. The summed E-state index contributed by atoms with van der Waals surface area (Å²) >= 11 is 6.06. The molecule has 0 amide bonds. The predicted molar refractivity (Wildman–Crippen MR) is 76.3 cm³/mol. The van der Waals surface area contributed by atoms with Gasteiger partial charge >= 0.3 is 0 Å². The molecule has 0 aliphatic carbocycles. The monoisotopic (exact) mass is 272 g/mol. The van der Waals surface area contributed by atoms with Gasteiger partial charge in [-0.05, 0) is 31.2 Å². The van der Waals surface area contributed by atoms with Crippen LogP contribution in [0.1, 0.15) is 16.7 Å². The molecule has 0 aromatic heterocycles. The van der Waals surface area contributed by atoms with Crippen LogP contribution < -0.4 is 5.32 Å². The normalized spacial score (nSPS) is 9.95. The summed E-state index contributed by atoms with van der Waals surface area (Å²) < 4.78 is 0. The molecule has 3 nitrogen and oxygen atoms in total. The SMILES string of the molecule is Cc1ccc(O)c(CNc2cc(C#N)ccc2Cl)c1. The molecule has 96 valence electrons. The lowest BCUT2D eigenvalue weighted by Gasteiger charge is -2.10. The smallest absolute Gasteiger partial charge is 0.120 e. The Balaban J connectivity index is 2.19. The van der Waals surface area contributed by atoms with E-state index < -0.39 is 0 Å². The van der Waals surface area contributed by atoms with Crippen LogP contribution in [0.15, 0.2) is 36.4 Å². The topological polar surface area (TPSA) is 56.0 Å². The number of benzene rings is 2. The van der Waals surface area contributed by atoms with E-state index in [4.69, 9.17) is 16.9 Å². The number of rotatable bonds is 3. The molecule has 2 aromatic rings. The maximum absolute atomic E-state index is 9.76. The molecule has 0 fully saturated rings. The summed E-state index contributed by atoms with van der Waals surface area (Å²) in [5, 5.41) is 22.3. The van der Waals surface area contributed by atoms with Gasteiger partial charge in [-0.15, -0.1) is 0 Å². The Kier molecular flexibility index (Phi) is 3.94. The number of halogens is 1. The number of nitriles is 1. The van der Waals surface area contributed by atoms with Crippen LogP contribution in [0.5, 0.6) is 5.75 Å². The van der Waals surface area contributed by atoms with Crippen LogP contribution in [-0.2, 0) is 6.54 Å². The number of phenolic OH excluding ortho intramolecular Hbond substituents is 1. The summed E-state index contributed by atoms with van der Waals surface area (Å²) in [6, 6.07) is 12.5. The van der Waals surface area contributed by atoms with Gasteiger partial charge in [-0.2, -0.15) is 5.26 Å². The molecular formula is C15H13ClN2O. The molecule has 0 saturated carbocycles. The van der Waals surface area contributed by atoms with Crippen molar-refractivity contribution in [3.8, 4) is 11.8 Å². The molecule has 0 unspecified atom stereocenters. The fourth-order valence-corrected chi connectivity index (χ4v) is 1.96. The number of aryl methyl sites for hydroxylation is 1. The molecule has 0 saturated heterocycles. The number of phenols is 1.